The predicted octanol–water partition coefficient (Wildman–Crippen LogP) is 1.94. The van der Waals surface area contributed by atoms with E-state index in [0.29, 0.717) is 29.3 Å². The van der Waals surface area contributed by atoms with Gasteiger partial charge in [0.25, 0.3) is 0 Å². The fourth-order valence-corrected chi connectivity index (χ4v) is 1.70. The van der Waals surface area contributed by atoms with Crippen LogP contribution < -0.4 is 10.5 Å². The smallest absolute Gasteiger partial charge is 0.354 e. The Hall–Kier alpha value is -2.17. The number of H-pyrrole nitrogens is 1. The van der Waals surface area contributed by atoms with Crippen LogP contribution in [0.1, 0.15) is 17.4 Å². The lowest BCUT2D eigenvalue weighted by molar-refractivity contribution is 0.0520. The Morgan fingerprint density at radius 3 is 2.88 bits per heavy atom. The van der Waals surface area contributed by atoms with Crippen LogP contribution in [-0.2, 0) is 4.74 Å². The molecule has 17 heavy (non-hydrogen) atoms. The Morgan fingerprint density at radius 1 is 1.47 bits per heavy atom. The normalized spacial score (nSPS) is 10.5. The minimum absolute atomic E-state index is 0.334. The van der Waals surface area contributed by atoms with Crippen molar-refractivity contribution in [3.05, 3.63) is 23.9 Å². The van der Waals surface area contributed by atoms with Gasteiger partial charge in [-0.1, -0.05) is 0 Å². The van der Waals surface area contributed by atoms with Gasteiger partial charge in [0.05, 0.1) is 19.2 Å². The number of ether oxygens (including phenoxy) is 2. The largest absolute Gasteiger partial charge is 0.495 e. The highest BCUT2D eigenvalue weighted by atomic mass is 16.5. The summed E-state index contributed by atoms with van der Waals surface area (Å²) in [4.78, 5) is 14.6. The number of rotatable bonds is 3. The number of aromatic amines is 1. The van der Waals surface area contributed by atoms with Crippen molar-refractivity contribution in [1.82, 2.24) is 4.98 Å². The van der Waals surface area contributed by atoms with Crippen molar-refractivity contribution < 1.29 is 14.3 Å². The third-order valence-electron chi connectivity index (χ3n) is 2.50. The summed E-state index contributed by atoms with van der Waals surface area (Å²) in [6.07, 6.45) is 0. The van der Waals surface area contributed by atoms with E-state index in [1.165, 1.54) is 0 Å². The van der Waals surface area contributed by atoms with E-state index in [9.17, 15) is 4.79 Å². The topological polar surface area (TPSA) is 77.3 Å². The van der Waals surface area contributed by atoms with Crippen molar-refractivity contribution in [2.45, 2.75) is 6.92 Å². The lowest BCUT2D eigenvalue weighted by atomic mass is 10.2. The lowest BCUT2D eigenvalue weighted by Crippen LogP contribution is -2.04. The molecule has 5 nitrogen and oxygen atoms in total. The first-order valence-electron chi connectivity index (χ1n) is 5.29. The van der Waals surface area contributed by atoms with Crippen LogP contribution in [0.3, 0.4) is 0 Å². The Bertz CT molecular complexity index is 560. The van der Waals surface area contributed by atoms with Crippen LogP contribution >= 0.6 is 0 Å². The molecule has 90 valence electrons. The minimum atomic E-state index is -0.398. The maximum atomic E-state index is 11.6. The Kier molecular flexibility index (Phi) is 2.91. The molecule has 0 radical (unpaired) electrons. The van der Waals surface area contributed by atoms with Gasteiger partial charge in [-0.3, -0.25) is 0 Å². The van der Waals surface area contributed by atoms with Gasteiger partial charge in [-0.25, -0.2) is 4.79 Å². The second-order valence-electron chi connectivity index (χ2n) is 3.55. The fourth-order valence-electron chi connectivity index (χ4n) is 1.70. The monoisotopic (exact) mass is 234 g/mol. The number of carbonyl (C=O) groups excluding carboxylic acids is 1. The van der Waals surface area contributed by atoms with E-state index >= 15 is 0 Å². The molecule has 1 aromatic heterocycles. The highest BCUT2D eigenvalue weighted by molar-refractivity contribution is 6.01. The molecule has 2 rings (SSSR count). The molecule has 0 aliphatic rings. The quantitative estimate of drug-likeness (QED) is 0.628. The van der Waals surface area contributed by atoms with E-state index in [1.54, 1.807) is 32.2 Å². The van der Waals surface area contributed by atoms with Crippen LogP contribution in [0.2, 0.25) is 0 Å². The number of esters is 1. The average Bonchev–Trinajstić information content (AvgIpc) is 2.76. The summed E-state index contributed by atoms with van der Waals surface area (Å²) in [6, 6.07) is 5.16. The molecule has 0 unspecified atom stereocenters. The molecule has 0 aliphatic carbocycles. The number of anilines is 1. The molecule has 0 saturated heterocycles. The number of benzene rings is 1. The van der Waals surface area contributed by atoms with Gasteiger partial charge in [-0.2, -0.15) is 0 Å². The fraction of sp³-hybridized carbons (Fsp3) is 0.250. The molecule has 0 spiro atoms. The zero-order chi connectivity index (χ0) is 12.4. The first kappa shape index (κ1) is 11.3. The van der Waals surface area contributed by atoms with Gasteiger partial charge >= 0.3 is 5.97 Å². The van der Waals surface area contributed by atoms with Crippen LogP contribution in [0.15, 0.2) is 18.2 Å². The molecule has 1 heterocycles. The first-order chi connectivity index (χ1) is 8.17. The number of nitrogens with one attached hydrogen (secondary N) is 1. The molecule has 0 atom stereocenters. The molecule has 0 aliphatic heterocycles. The van der Waals surface area contributed by atoms with Crippen LogP contribution in [0, 0.1) is 0 Å². The maximum absolute atomic E-state index is 11.6. The van der Waals surface area contributed by atoms with Gasteiger partial charge in [0, 0.05) is 11.1 Å². The van der Waals surface area contributed by atoms with Gasteiger partial charge in [-0.05, 0) is 25.1 Å². The molecular formula is C12H14N2O3. The molecule has 3 N–H and O–H groups in total. The van der Waals surface area contributed by atoms with Crippen molar-refractivity contribution in [2.24, 2.45) is 0 Å². The van der Waals surface area contributed by atoms with Crippen LogP contribution in [-0.4, -0.2) is 24.7 Å². The summed E-state index contributed by atoms with van der Waals surface area (Å²) < 4.78 is 10.1. The predicted molar refractivity (Wildman–Crippen MR) is 65.2 cm³/mol. The summed E-state index contributed by atoms with van der Waals surface area (Å²) >= 11 is 0. The highest BCUT2D eigenvalue weighted by Gasteiger charge is 2.14. The SMILES string of the molecule is CCOC(=O)c1cc2c(N)ccc(OC)c2[nH]1. The third kappa shape index (κ3) is 1.91. The van der Waals surface area contributed by atoms with Gasteiger partial charge < -0.3 is 20.2 Å². The molecule has 2 aromatic rings. The lowest BCUT2D eigenvalue weighted by Gasteiger charge is -2.02. The second-order valence-corrected chi connectivity index (χ2v) is 3.55. The number of carbonyl (C=O) groups is 1. The number of nitrogen functional groups attached to an aromatic ring is 1. The summed E-state index contributed by atoms with van der Waals surface area (Å²) in [5.74, 6) is 0.245. The molecule has 5 heteroatoms. The zero-order valence-corrected chi connectivity index (χ0v) is 9.74. The van der Waals surface area contributed by atoms with Crippen molar-refractivity contribution in [2.75, 3.05) is 19.5 Å². The van der Waals surface area contributed by atoms with E-state index in [0.717, 1.165) is 5.39 Å². The second kappa shape index (κ2) is 4.37. The van der Waals surface area contributed by atoms with Crippen LogP contribution in [0.5, 0.6) is 5.75 Å². The van der Waals surface area contributed by atoms with Gasteiger partial charge in [0.2, 0.25) is 0 Å². The number of hydrogen-bond donors (Lipinski definition) is 2. The summed E-state index contributed by atoms with van der Waals surface area (Å²) in [5, 5.41) is 0.757. The third-order valence-corrected chi connectivity index (χ3v) is 2.50. The number of hydrogen-bond acceptors (Lipinski definition) is 4. The molecule has 1 aromatic carbocycles. The highest BCUT2D eigenvalue weighted by Crippen LogP contribution is 2.30. The first-order valence-corrected chi connectivity index (χ1v) is 5.29. The number of aromatic nitrogens is 1. The minimum Gasteiger partial charge on any atom is -0.495 e. The van der Waals surface area contributed by atoms with Crippen molar-refractivity contribution in [3.8, 4) is 5.75 Å². The molecular weight excluding hydrogens is 220 g/mol. The van der Waals surface area contributed by atoms with Crippen LogP contribution in [0.25, 0.3) is 10.9 Å². The number of methoxy groups -OCH3 is 1. The van der Waals surface area contributed by atoms with E-state index < -0.39 is 5.97 Å². The average molecular weight is 234 g/mol. The van der Waals surface area contributed by atoms with Crippen molar-refractivity contribution in [3.63, 3.8) is 0 Å². The molecule has 0 amide bonds. The number of fused-ring (bicyclic) bond motifs is 1. The van der Waals surface area contributed by atoms with E-state index in [2.05, 4.69) is 4.98 Å². The zero-order valence-electron chi connectivity index (χ0n) is 9.74. The van der Waals surface area contributed by atoms with Gasteiger partial charge in [-0.15, -0.1) is 0 Å². The van der Waals surface area contributed by atoms with Gasteiger partial charge in [0.15, 0.2) is 0 Å². The molecule has 0 bridgehead atoms. The van der Waals surface area contributed by atoms with Gasteiger partial charge in [0.1, 0.15) is 11.4 Å². The maximum Gasteiger partial charge on any atom is 0.354 e. The summed E-state index contributed by atoms with van der Waals surface area (Å²) in [7, 11) is 1.57. The molecule has 0 saturated carbocycles. The van der Waals surface area contributed by atoms with E-state index in [4.69, 9.17) is 15.2 Å². The Balaban J connectivity index is 2.56. The molecule has 0 fully saturated rings. The summed E-state index contributed by atoms with van der Waals surface area (Å²) in [5.41, 5.74) is 7.51. The standard InChI is InChI=1S/C12H14N2O3/c1-3-17-12(15)9-6-7-8(13)4-5-10(16-2)11(7)14-9/h4-6,14H,3,13H2,1-2H3. The van der Waals surface area contributed by atoms with Crippen molar-refractivity contribution in [1.29, 1.82) is 0 Å². The van der Waals surface area contributed by atoms with Crippen LogP contribution in [0.4, 0.5) is 5.69 Å². The number of nitrogens with two attached hydrogens (primary N) is 1. The Labute approximate surface area is 98.5 Å². The Morgan fingerprint density at radius 2 is 2.24 bits per heavy atom. The summed E-state index contributed by atoms with van der Waals surface area (Å²) in [6.45, 7) is 2.09. The van der Waals surface area contributed by atoms with Crippen molar-refractivity contribution >= 4 is 22.6 Å². The van der Waals surface area contributed by atoms with E-state index in [-0.39, 0.29) is 0 Å². The van der Waals surface area contributed by atoms with E-state index in [1.807, 2.05) is 0 Å².